The molecule has 0 amide bonds. The van der Waals surface area contributed by atoms with Crippen LogP contribution < -0.4 is 10.3 Å². The molecule has 2 aromatic carbocycles. The number of rotatable bonds is 3. The molecule has 4 nitrogen and oxygen atoms in total. The minimum atomic E-state index is -0.0368. The van der Waals surface area contributed by atoms with Crippen LogP contribution in [0, 0.1) is 6.92 Å². The van der Waals surface area contributed by atoms with Crippen LogP contribution in [-0.2, 0) is 6.54 Å². The molecule has 0 radical (unpaired) electrons. The Balaban J connectivity index is 2.04. The molecule has 0 fully saturated rings. The van der Waals surface area contributed by atoms with Crippen LogP contribution in [0.2, 0.25) is 0 Å². The van der Waals surface area contributed by atoms with Crippen molar-refractivity contribution < 1.29 is 4.74 Å². The molecule has 0 bridgehead atoms. The Bertz CT molecular complexity index is 886. The average Bonchev–Trinajstić information content (AvgIpc) is 2.51. The summed E-state index contributed by atoms with van der Waals surface area (Å²) < 4.78 is 7.65. The van der Waals surface area contributed by atoms with E-state index in [1.807, 2.05) is 43.3 Å². The number of aromatic nitrogens is 2. The second-order valence-corrected chi connectivity index (χ2v) is 6.06. The fraction of sp³-hybridized carbons (Fsp3) is 0.176. The number of hydrogen-bond donors (Lipinski definition) is 0. The lowest BCUT2D eigenvalue weighted by Gasteiger charge is -2.09. The number of methoxy groups -OCH3 is 1. The van der Waals surface area contributed by atoms with Crippen LogP contribution in [0.25, 0.3) is 10.9 Å². The average molecular weight is 359 g/mol. The van der Waals surface area contributed by atoms with E-state index in [1.54, 1.807) is 18.0 Å². The van der Waals surface area contributed by atoms with E-state index in [4.69, 9.17) is 4.74 Å². The Labute approximate surface area is 136 Å². The van der Waals surface area contributed by atoms with Gasteiger partial charge in [0.1, 0.15) is 5.75 Å². The highest BCUT2D eigenvalue weighted by Gasteiger charge is 2.08. The van der Waals surface area contributed by atoms with Crippen LogP contribution in [0.4, 0.5) is 0 Å². The van der Waals surface area contributed by atoms with Gasteiger partial charge in [0.15, 0.2) is 0 Å². The minimum Gasteiger partial charge on any atom is -0.497 e. The fourth-order valence-corrected chi connectivity index (χ4v) is 3.02. The topological polar surface area (TPSA) is 44.1 Å². The lowest BCUT2D eigenvalue weighted by Crippen LogP contribution is -2.21. The van der Waals surface area contributed by atoms with Crippen LogP contribution in [0.15, 0.2) is 52.0 Å². The fourth-order valence-electron chi connectivity index (χ4n) is 2.44. The first kappa shape index (κ1) is 14.8. The number of nitrogens with zero attached hydrogens (tertiary/aromatic N) is 2. The summed E-state index contributed by atoms with van der Waals surface area (Å²) >= 11 is 3.43. The van der Waals surface area contributed by atoms with Crippen molar-refractivity contribution in [2.24, 2.45) is 0 Å². The van der Waals surface area contributed by atoms with Crippen molar-refractivity contribution in [3.8, 4) is 5.75 Å². The third-order valence-corrected chi connectivity index (χ3v) is 4.05. The smallest absolute Gasteiger partial charge is 0.261 e. The highest BCUT2D eigenvalue weighted by Crippen LogP contribution is 2.20. The summed E-state index contributed by atoms with van der Waals surface area (Å²) in [6.07, 6.45) is 1.61. The Morgan fingerprint density at radius 2 is 1.95 bits per heavy atom. The minimum absolute atomic E-state index is 0.0368. The maximum Gasteiger partial charge on any atom is 0.261 e. The summed E-state index contributed by atoms with van der Waals surface area (Å²) in [5, 5.41) is 0.628. The molecule has 0 aliphatic rings. The van der Waals surface area contributed by atoms with E-state index in [1.165, 1.54) is 0 Å². The first-order chi connectivity index (χ1) is 10.6. The zero-order chi connectivity index (χ0) is 15.7. The van der Waals surface area contributed by atoms with E-state index in [0.717, 1.165) is 26.9 Å². The third kappa shape index (κ3) is 2.76. The van der Waals surface area contributed by atoms with Gasteiger partial charge in [0.25, 0.3) is 5.56 Å². The molecule has 3 rings (SSSR count). The molecule has 1 aromatic heterocycles. The molecule has 0 aliphatic carbocycles. The normalized spacial score (nSPS) is 10.9. The van der Waals surface area contributed by atoms with Crippen molar-refractivity contribution in [1.29, 1.82) is 0 Å². The van der Waals surface area contributed by atoms with Crippen molar-refractivity contribution in [3.05, 3.63) is 68.7 Å². The standard InChI is InChI=1S/C17H15BrN2O2/c1-11-7-13(18)8-15-16(11)19-10-20(17(15)21)9-12-3-5-14(22-2)6-4-12/h3-8,10H,9H2,1-2H3. The van der Waals surface area contributed by atoms with E-state index in [0.29, 0.717) is 11.9 Å². The van der Waals surface area contributed by atoms with Crippen LogP contribution in [0.1, 0.15) is 11.1 Å². The van der Waals surface area contributed by atoms with E-state index in [9.17, 15) is 4.79 Å². The van der Waals surface area contributed by atoms with E-state index in [-0.39, 0.29) is 5.56 Å². The first-order valence-corrected chi connectivity index (χ1v) is 7.66. The summed E-state index contributed by atoms with van der Waals surface area (Å²) in [4.78, 5) is 17.1. The van der Waals surface area contributed by atoms with Gasteiger partial charge in [-0.2, -0.15) is 0 Å². The van der Waals surface area contributed by atoms with Crippen LogP contribution in [-0.4, -0.2) is 16.7 Å². The molecule has 0 unspecified atom stereocenters. The van der Waals surface area contributed by atoms with Gasteiger partial charge in [-0.1, -0.05) is 28.1 Å². The highest BCUT2D eigenvalue weighted by molar-refractivity contribution is 9.10. The second-order valence-electron chi connectivity index (χ2n) is 5.14. The van der Waals surface area contributed by atoms with E-state index >= 15 is 0 Å². The number of hydrogen-bond acceptors (Lipinski definition) is 3. The second kappa shape index (κ2) is 5.93. The molecule has 3 aromatic rings. The molecular weight excluding hydrogens is 344 g/mol. The van der Waals surface area contributed by atoms with Gasteiger partial charge in [-0.3, -0.25) is 9.36 Å². The van der Waals surface area contributed by atoms with Crippen molar-refractivity contribution in [2.75, 3.05) is 7.11 Å². The van der Waals surface area contributed by atoms with Crippen LogP contribution >= 0.6 is 15.9 Å². The molecule has 0 spiro atoms. The number of halogens is 1. The summed E-state index contributed by atoms with van der Waals surface area (Å²) in [5.41, 5.74) is 2.72. The number of fused-ring (bicyclic) bond motifs is 1. The van der Waals surface area contributed by atoms with Crippen molar-refractivity contribution in [2.45, 2.75) is 13.5 Å². The highest BCUT2D eigenvalue weighted by atomic mass is 79.9. The Kier molecular flexibility index (Phi) is 3.98. The molecule has 0 atom stereocenters. The van der Waals surface area contributed by atoms with Gasteiger partial charge >= 0.3 is 0 Å². The van der Waals surface area contributed by atoms with Gasteiger partial charge < -0.3 is 4.74 Å². The zero-order valence-corrected chi connectivity index (χ0v) is 13.9. The molecule has 0 saturated heterocycles. The molecule has 112 valence electrons. The monoisotopic (exact) mass is 358 g/mol. The van der Waals surface area contributed by atoms with Gasteiger partial charge in [-0.25, -0.2) is 4.98 Å². The first-order valence-electron chi connectivity index (χ1n) is 6.86. The predicted molar refractivity (Wildman–Crippen MR) is 90.5 cm³/mol. The quantitative estimate of drug-likeness (QED) is 0.719. The molecule has 0 aliphatic heterocycles. The third-order valence-electron chi connectivity index (χ3n) is 3.59. The van der Waals surface area contributed by atoms with Crippen molar-refractivity contribution in [3.63, 3.8) is 0 Å². The van der Waals surface area contributed by atoms with Gasteiger partial charge in [-0.05, 0) is 42.3 Å². The van der Waals surface area contributed by atoms with Gasteiger partial charge in [0.05, 0.1) is 30.9 Å². The largest absolute Gasteiger partial charge is 0.497 e. The maximum atomic E-state index is 12.6. The Hall–Kier alpha value is -2.14. The predicted octanol–water partition coefficient (Wildman–Crippen LogP) is 3.52. The van der Waals surface area contributed by atoms with E-state index < -0.39 is 0 Å². The van der Waals surface area contributed by atoms with E-state index in [2.05, 4.69) is 20.9 Å². The Morgan fingerprint density at radius 3 is 2.64 bits per heavy atom. The van der Waals surface area contributed by atoms with Gasteiger partial charge in [0, 0.05) is 4.47 Å². The number of aryl methyl sites for hydroxylation is 1. The Morgan fingerprint density at radius 1 is 1.23 bits per heavy atom. The van der Waals surface area contributed by atoms with Gasteiger partial charge in [0.2, 0.25) is 0 Å². The molecule has 1 heterocycles. The summed E-state index contributed by atoms with van der Waals surface area (Å²) in [5.74, 6) is 0.798. The van der Waals surface area contributed by atoms with Gasteiger partial charge in [-0.15, -0.1) is 0 Å². The molecule has 22 heavy (non-hydrogen) atoms. The lowest BCUT2D eigenvalue weighted by molar-refractivity contribution is 0.414. The summed E-state index contributed by atoms with van der Waals surface area (Å²) in [7, 11) is 1.63. The molecule has 0 saturated carbocycles. The maximum absolute atomic E-state index is 12.6. The summed E-state index contributed by atoms with van der Waals surface area (Å²) in [6, 6.07) is 11.4. The lowest BCUT2D eigenvalue weighted by atomic mass is 10.1. The zero-order valence-electron chi connectivity index (χ0n) is 12.3. The van der Waals surface area contributed by atoms with Crippen molar-refractivity contribution in [1.82, 2.24) is 9.55 Å². The van der Waals surface area contributed by atoms with Crippen molar-refractivity contribution >= 4 is 26.8 Å². The molecule has 0 N–H and O–H groups in total. The van der Waals surface area contributed by atoms with Crippen LogP contribution in [0.5, 0.6) is 5.75 Å². The molecule has 5 heteroatoms. The summed E-state index contributed by atoms with van der Waals surface area (Å²) in [6.45, 7) is 2.44. The number of benzene rings is 2. The number of ether oxygens (including phenoxy) is 1. The van der Waals surface area contributed by atoms with Crippen LogP contribution in [0.3, 0.4) is 0 Å². The SMILES string of the molecule is COc1ccc(Cn2cnc3c(C)cc(Br)cc3c2=O)cc1. The molecular formula is C17H15BrN2O2.